The van der Waals surface area contributed by atoms with Crippen LogP contribution in [-0.4, -0.2) is 10.8 Å². The number of hydrogen-bond donors (Lipinski definition) is 0. The van der Waals surface area contributed by atoms with Gasteiger partial charge < -0.3 is 0 Å². The number of alkyl halides is 1. The molecule has 14 heavy (non-hydrogen) atoms. The van der Waals surface area contributed by atoms with Crippen molar-refractivity contribution < 1.29 is 9.31 Å². The summed E-state index contributed by atoms with van der Waals surface area (Å²) in [6, 6.07) is 3.20. The SMILES string of the molecule is O=[N+]([O-])c1cc(F)ccc1C#CCCl. The number of nitro groups is 1. The topological polar surface area (TPSA) is 43.1 Å². The highest BCUT2D eigenvalue weighted by molar-refractivity contribution is 6.19. The molecule has 0 N–H and O–H groups in total. The second-order valence-electron chi connectivity index (χ2n) is 2.35. The summed E-state index contributed by atoms with van der Waals surface area (Å²) in [6.07, 6.45) is 0. The molecule has 0 saturated heterocycles. The van der Waals surface area contributed by atoms with Crippen LogP contribution in [0, 0.1) is 27.8 Å². The second kappa shape index (κ2) is 4.58. The van der Waals surface area contributed by atoms with Gasteiger partial charge in [-0.15, -0.1) is 11.6 Å². The van der Waals surface area contributed by atoms with E-state index in [0.29, 0.717) is 0 Å². The first-order valence-corrected chi connectivity index (χ1v) is 4.17. The molecule has 72 valence electrons. The fourth-order valence-electron chi connectivity index (χ4n) is 0.890. The first-order valence-electron chi connectivity index (χ1n) is 3.64. The number of rotatable bonds is 1. The van der Waals surface area contributed by atoms with E-state index in [2.05, 4.69) is 11.8 Å². The van der Waals surface area contributed by atoms with E-state index >= 15 is 0 Å². The summed E-state index contributed by atoms with van der Waals surface area (Å²) in [5, 5.41) is 10.5. The molecule has 0 bridgehead atoms. The maximum absolute atomic E-state index is 12.7. The van der Waals surface area contributed by atoms with Crippen LogP contribution >= 0.6 is 11.6 Å². The van der Waals surface area contributed by atoms with Crippen molar-refractivity contribution in [1.82, 2.24) is 0 Å². The smallest absolute Gasteiger partial charge is 0.258 e. The van der Waals surface area contributed by atoms with Crippen molar-refractivity contribution >= 4 is 17.3 Å². The van der Waals surface area contributed by atoms with Crippen molar-refractivity contribution in [1.29, 1.82) is 0 Å². The van der Waals surface area contributed by atoms with Crippen LogP contribution in [0.3, 0.4) is 0 Å². The van der Waals surface area contributed by atoms with Crippen LogP contribution in [0.1, 0.15) is 5.56 Å². The lowest BCUT2D eigenvalue weighted by Crippen LogP contribution is -1.93. The van der Waals surface area contributed by atoms with E-state index in [1.807, 2.05) is 0 Å². The van der Waals surface area contributed by atoms with Crippen LogP contribution in [0.4, 0.5) is 10.1 Å². The molecular weight excluding hydrogens is 209 g/mol. The van der Waals surface area contributed by atoms with Crippen LogP contribution in [-0.2, 0) is 0 Å². The molecule has 3 nitrogen and oxygen atoms in total. The summed E-state index contributed by atoms with van der Waals surface area (Å²) in [5.41, 5.74) is -0.181. The van der Waals surface area contributed by atoms with Crippen LogP contribution in [0.2, 0.25) is 0 Å². The maximum Gasteiger partial charge on any atom is 0.287 e. The lowest BCUT2D eigenvalue weighted by atomic mass is 10.2. The van der Waals surface area contributed by atoms with Crippen LogP contribution in [0.5, 0.6) is 0 Å². The van der Waals surface area contributed by atoms with E-state index in [9.17, 15) is 14.5 Å². The van der Waals surface area contributed by atoms with Crippen molar-refractivity contribution in [2.45, 2.75) is 0 Å². The lowest BCUT2D eigenvalue weighted by molar-refractivity contribution is -0.385. The summed E-state index contributed by atoms with van der Waals surface area (Å²) in [6.45, 7) is 0. The Kier molecular flexibility index (Phi) is 3.43. The molecule has 1 aromatic carbocycles. The van der Waals surface area contributed by atoms with E-state index < -0.39 is 10.7 Å². The summed E-state index contributed by atoms with van der Waals surface area (Å²) >= 11 is 5.30. The fourth-order valence-corrected chi connectivity index (χ4v) is 0.957. The predicted octanol–water partition coefficient (Wildman–Crippen LogP) is 2.32. The summed E-state index contributed by atoms with van der Waals surface area (Å²) in [7, 11) is 0. The zero-order valence-corrected chi connectivity index (χ0v) is 7.71. The van der Waals surface area contributed by atoms with Gasteiger partial charge in [0, 0.05) is 0 Å². The third-order valence-corrected chi connectivity index (χ3v) is 1.58. The van der Waals surface area contributed by atoms with Crippen LogP contribution < -0.4 is 0 Å². The number of hydrogen-bond acceptors (Lipinski definition) is 2. The summed E-state index contributed by atoms with van der Waals surface area (Å²) in [5.74, 6) is 4.37. The molecule has 1 rings (SSSR count). The van der Waals surface area contributed by atoms with Gasteiger partial charge in [0.15, 0.2) is 0 Å². The first-order chi connectivity index (χ1) is 6.65. The van der Waals surface area contributed by atoms with E-state index in [1.54, 1.807) is 0 Å². The van der Waals surface area contributed by atoms with Crippen LogP contribution in [0.25, 0.3) is 0 Å². The highest BCUT2D eigenvalue weighted by Crippen LogP contribution is 2.18. The first kappa shape index (κ1) is 10.5. The van der Waals surface area contributed by atoms with Gasteiger partial charge >= 0.3 is 0 Å². The normalized spacial score (nSPS) is 9.00. The van der Waals surface area contributed by atoms with Gasteiger partial charge in [0.2, 0.25) is 0 Å². The highest BCUT2D eigenvalue weighted by atomic mass is 35.5. The zero-order valence-electron chi connectivity index (χ0n) is 6.96. The summed E-state index contributed by atoms with van der Waals surface area (Å²) in [4.78, 5) is 9.80. The monoisotopic (exact) mass is 213 g/mol. The Morgan fingerprint density at radius 2 is 2.29 bits per heavy atom. The molecule has 0 amide bonds. The number of halogens is 2. The Morgan fingerprint density at radius 3 is 2.86 bits per heavy atom. The van der Waals surface area contributed by atoms with Crippen molar-refractivity contribution in [2.24, 2.45) is 0 Å². The molecule has 0 unspecified atom stereocenters. The van der Waals surface area contributed by atoms with E-state index in [1.165, 1.54) is 6.07 Å². The molecule has 0 aromatic heterocycles. The Morgan fingerprint density at radius 1 is 1.57 bits per heavy atom. The lowest BCUT2D eigenvalue weighted by Gasteiger charge is -1.94. The largest absolute Gasteiger partial charge is 0.287 e. The number of nitro benzene ring substituents is 1. The molecule has 0 atom stereocenters. The van der Waals surface area contributed by atoms with Gasteiger partial charge in [0.05, 0.1) is 16.9 Å². The molecule has 0 aliphatic rings. The molecule has 0 saturated carbocycles. The van der Waals surface area contributed by atoms with Crippen molar-refractivity contribution in [3.05, 3.63) is 39.7 Å². The van der Waals surface area contributed by atoms with Gasteiger partial charge in [-0.25, -0.2) is 4.39 Å². The minimum absolute atomic E-state index is 0.0779. The minimum Gasteiger partial charge on any atom is -0.258 e. The fraction of sp³-hybridized carbons (Fsp3) is 0.111. The molecule has 0 spiro atoms. The van der Waals surface area contributed by atoms with Crippen LogP contribution in [0.15, 0.2) is 18.2 Å². The average molecular weight is 214 g/mol. The molecule has 1 aromatic rings. The summed E-state index contributed by atoms with van der Waals surface area (Å²) < 4.78 is 12.7. The Hall–Kier alpha value is -1.60. The zero-order chi connectivity index (χ0) is 10.6. The van der Waals surface area contributed by atoms with Gasteiger partial charge in [-0.2, -0.15) is 0 Å². The molecule has 0 aliphatic carbocycles. The highest BCUT2D eigenvalue weighted by Gasteiger charge is 2.12. The van der Waals surface area contributed by atoms with Gasteiger partial charge in [0.1, 0.15) is 11.4 Å². The second-order valence-corrected chi connectivity index (χ2v) is 2.62. The predicted molar refractivity (Wildman–Crippen MR) is 50.7 cm³/mol. The van der Waals surface area contributed by atoms with Gasteiger partial charge in [-0.3, -0.25) is 10.1 Å². The molecule has 0 fully saturated rings. The van der Waals surface area contributed by atoms with Crippen molar-refractivity contribution in [3.63, 3.8) is 0 Å². The minimum atomic E-state index is -0.679. The van der Waals surface area contributed by atoms with Gasteiger partial charge in [-0.05, 0) is 12.1 Å². The van der Waals surface area contributed by atoms with Gasteiger partial charge in [-0.1, -0.05) is 11.8 Å². The quantitative estimate of drug-likeness (QED) is 0.311. The molecule has 0 radical (unpaired) electrons. The molecule has 5 heteroatoms. The Bertz CT molecular complexity index is 423. The van der Waals surface area contributed by atoms with E-state index in [-0.39, 0.29) is 17.1 Å². The molecule has 0 heterocycles. The van der Waals surface area contributed by atoms with Crippen molar-refractivity contribution in [2.75, 3.05) is 5.88 Å². The Labute approximate surface area is 84.6 Å². The third kappa shape index (κ3) is 2.44. The van der Waals surface area contributed by atoms with E-state index in [4.69, 9.17) is 11.6 Å². The average Bonchev–Trinajstić information content (AvgIpc) is 2.15. The molecular formula is C9H5ClFNO2. The van der Waals surface area contributed by atoms with Gasteiger partial charge in [0.25, 0.3) is 5.69 Å². The number of benzene rings is 1. The standard InChI is InChI=1S/C9H5ClFNO2/c10-5-1-2-7-3-4-8(11)6-9(7)12(13)14/h3-4,6H,5H2. The maximum atomic E-state index is 12.7. The van der Waals surface area contributed by atoms with Crippen molar-refractivity contribution in [3.8, 4) is 11.8 Å². The van der Waals surface area contributed by atoms with E-state index in [0.717, 1.165) is 12.1 Å². The molecule has 0 aliphatic heterocycles. The number of nitrogens with zero attached hydrogens (tertiary/aromatic N) is 1. The Balaban J connectivity index is 3.22. The third-order valence-electron chi connectivity index (χ3n) is 1.45.